The lowest BCUT2D eigenvalue weighted by Gasteiger charge is -2.27. The number of thioether (sulfide) groups is 1. The number of hydrogen-bond donors (Lipinski definition) is 2. The second-order valence-electron chi connectivity index (χ2n) is 5.09. The molecule has 0 spiro atoms. The van der Waals surface area contributed by atoms with Gasteiger partial charge < -0.3 is 10.6 Å². The lowest BCUT2D eigenvalue weighted by Crippen LogP contribution is -2.28. The predicted octanol–water partition coefficient (Wildman–Crippen LogP) is 2.06. The number of anilines is 1. The van der Waals surface area contributed by atoms with Crippen molar-refractivity contribution >= 4 is 17.6 Å². The molecule has 0 radical (unpaired) electrons. The number of fused-ring (bicyclic) bond motifs is 1. The smallest absolute Gasteiger partial charge is 0.189 e. The Balaban J connectivity index is 1.80. The molecule has 0 aromatic carbocycles. The molecule has 18 heavy (non-hydrogen) atoms. The van der Waals surface area contributed by atoms with Gasteiger partial charge in [-0.05, 0) is 38.0 Å². The highest BCUT2D eigenvalue weighted by Gasteiger charge is 2.20. The van der Waals surface area contributed by atoms with Crippen LogP contribution in [0.15, 0.2) is 5.16 Å². The fourth-order valence-electron chi connectivity index (χ4n) is 2.51. The van der Waals surface area contributed by atoms with Crippen molar-refractivity contribution in [2.75, 3.05) is 24.7 Å². The first-order valence-corrected chi connectivity index (χ1v) is 7.97. The van der Waals surface area contributed by atoms with Crippen molar-refractivity contribution in [3.05, 3.63) is 11.3 Å². The zero-order chi connectivity index (χ0) is 12.4. The van der Waals surface area contributed by atoms with Gasteiger partial charge in [-0.2, -0.15) is 0 Å². The summed E-state index contributed by atoms with van der Waals surface area (Å²) < 4.78 is 0. The molecule has 1 aliphatic carbocycles. The van der Waals surface area contributed by atoms with E-state index < -0.39 is 0 Å². The molecule has 3 rings (SSSR count). The van der Waals surface area contributed by atoms with E-state index in [4.69, 9.17) is 0 Å². The Kier molecular flexibility index (Phi) is 3.70. The van der Waals surface area contributed by atoms with Gasteiger partial charge in [-0.15, -0.1) is 0 Å². The largest absolute Gasteiger partial charge is 0.369 e. The van der Waals surface area contributed by atoms with Crippen LogP contribution in [0.3, 0.4) is 0 Å². The van der Waals surface area contributed by atoms with E-state index in [0.29, 0.717) is 0 Å². The van der Waals surface area contributed by atoms with Crippen molar-refractivity contribution in [1.29, 1.82) is 0 Å². The van der Waals surface area contributed by atoms with Gasteiger partial charge in [-0.3, -0.25) is 0 Å². The molecule has 2 N–H and O–H groups in total. The normalized spacial score (nSPS) is 19.2. The van der Waals surface area contributed by atoms with E-state index in [2.05, 4.69) is 20.6 Å². The van der Waals surface area contributed by atoms with Crippen LogP contribution in [-0.4, -0.2) is 29.3 Å². The Morgan fingerprint density at radius 2 is 2.28 bits per heavy atom. The van der Waals surface area contributed by atoms with Gasteiger partial charge in [-0.1, -0.05) is 18.2 Å². The van der Waals surface area contributed by atoms with Gasteiger partial charge in [0, 0.05) is 18.7 Å². The summed E-state index contributed by atoms with van der Waals surface area (Å²) in [5.41, 5.74) is 2.50. The van der Waals surface area contributed by atoms with Crippen LogP contribution in [0.4, 0.5) is 5.82 Å². The minimum Gasteiger partial charge on any atom is -0.369 e. The van der Waals surface area contributed by atoms with Crippen molar-refractivity contribution in [2.24, 2.45) is 5.92 Å². The predicted molar refractivity (Wildman–Crippen MR) is 75.1 cm³/mol. The van der Waals surface area contributed by atoms with Crippen LogP contribution in [0.5, 0.6) is 0 Å². The summed E-state index contributed by atoms with van der Waals surface area (Å²) in [7, 11) is 0. The Bertz CT molecular complexity index is 431. The van der Waals surface area contributed by atoms with Crippen LogP contribution < -0.4 is 10.6 Å². The summed E-state index contributed by atoms with van der Waals surface area (Å²) in [6.07, 6.45) is 7.22. The maximum Gasteiger partial charge on any atom is 0.189 e. The van der Waals surface area contributed by atoms with Gasteiger partial charge in [-0.25, -0.2) is 9.97 Å². The fourth-order valence-corrected chi connectivity index (χ4v) is 2.90. The van der Waals surface area contributed by atoms with Crippen LogP contribution in [0.1, 0.15) is 30.5 Å². The molecule has 0 atom stereocenters. The van der Waals surface area contributed by atoms with Gasteiger partial charge in [0.05, 0.1) is 5.69 Å². The first kappa shape index (κ1) is 12.2. The second-order valence-corrected chi connectivity index (χ2v) is 5.86. The monoisotopic (exact) mass is 264 g/mol. The first-order chi connectivity index (χ1) is 8.86. The molecule has 2 heterocycles. The Hall–Kier alpha value is -0.810. The molecule has 1 aromatic heterocycles. The van der Waals surface area contributed by atoms with E-state index in [1.165, 1.54) is 30.5 Å². The molecule has 1 fully saturated rings. The van der Waals surface area contributed by atoms with Crippen LogP contribution in [0.25, 0.3) is 0 Å². The quantitative estimate of drug-likeness (QED) is 0.644. The molecule has 4 nitrogen and oxygen atoms in total. The maximum absolute atomic E-state index is 4.65. The van der Waals surface area contributed by atoms with Gasteiger partial charge in [0.2, 0.25) is 0 Å². The third-order valence-electron chi connectivity index (χ3n) is 3.88. The minimum atomic E-state index is 0.857. The molecule has 5 heteroatoms. The second kappa shape index (κ2) is 5.45. The molecule has 0 unspecified atom stereocenters. The van der Waals surface area contributed by atoms with E-state index in [-0.39, 0.29) is 0 Å². The standard InChI is InChI=1S/C13H20N4S/c1-18-13-16-11-8-14-6-5-10(11)12(17-13)15-7-9-3-2-4-9/h9,14H,2-8H2,1H3,(H,15,16,17). The maximum atomic E-state index is 4.65. The zero-order valence-corrected chi connectivity index (χ0v) is 11.6. The van der Waals surface area contributed by atoms with Crippen LogP contribution >= 0.6 is 11.8 Å². The number of nitrogens with one attached hydrogen (secondary N) is 2. The molecule has 0 saturated heterocycles. The average molecular weight is 264 g/mol. The molecule has 2 aliphatic rings. The summed E-state index contributed by atoms with van der Waals surface area (Å²) >= 11 is 1.62. The third-order valence-corrected chi connectivity index (χ3v) is 4.43. The van der Waals surface area contributed by atoms with Crippen LogP contribution in [0, 0.1) is 5.92 Å². The molecular weight excluding hydrogens is 244 g/mol. The highest BCUT2D eigenvalue weighted by molar-refractivity contribution is 7.98. The van der Waals surface area contributed by atoms with E-state index in [9.17, 15) is 0 Å². The Morgan fingerprint density at radius 3 is 3.00 bits per heavy atom. The number of nitrogens with zero attached hydrogens (tertiary/aromatic N) is 2. The molecule has 0 bridgehead atoms. The summed E-state index contributed by atoms with van der Waals surface area (Å²) in [5, 5.41) is 7.82. The lowest BCUT2D eigenvalue weighted by molar-refractivity contribution is 0.333. The summed E-state index contributed by atoms with van der Waals surface area (Å²) in [5.74, 6) is 1.94. The number of hydrogen-bond acceptors (Lipinski definition) is 5. The molecule has 1 saturated carbocycles. The highest BCUT2D eigenvalue weighted by atomic mass is 32.2. The van der Waals surface area contributed by atoms with Gasteiger partial charge in [0.25, 0.3) is 0 Å². The van der Waals surface area contributed by atoms with Gasteiger partial charge >= 0.3 is 0 Å². The SMILES string of the molecule is CSc1nc2c(c(NCC3CCC3)n1)CCNC2. The minimum absolute atomic E-state index is 0.857. The summed E-state index contributed by atoms with van der Waals surface area (Å²) in [4.78, 5) is 9.25. The van der Waals surface area contributed by atoms with Gasteiger partial charge in [0.15, 0.2) is 5.16 Å². The van der Waals surface area contributed by atoms with Crippen LogP contribution in [0.2, 0.25) is 0 Å². The molecule has 0 amide bonds. The van der Waals surface area contributed by atoms with E-state index in [1.54, 1.807) is 11.8 Å². The Labute approximate surface area is 112 Å². The van der Waals surface area contributed by atoms with E-state index in [1.807, 2.05) is 6.26 Å². The third kappa shape index (κ3) is 2.47. The number of rotatable bonds is 4. The van der Waals surface area contributed by atoms with Crippen LogP contribution in [-0.2, 0) is 13.0 Å². The van der Waals surface area contributed by atoms with Crippen molar-refractivity contribution in [3.63, 3.8) is 0 Å². The molecular formula is C13H20N4S. The van der Waals surface area contributed by atoms with E-state index in [0.717, 1.165) is 42.9 Å². The van der Waals surface area contributed by atoms with Crippen molar-refractivity contribution in [1.82, 2.24) is 15.3 Å². The highest BCUT2D eigenvalue weighted by Crippen LogP contribution is 2.28. The summed E-state index contributed by atoms with van der Waals surface area (Å²) in [6, 6.07) is 0. The van der Waals surface area contributed by atoms with Crippen molar-refractivity contribution in [2.45, 2.75) is 37.4 Å². The molecule has 1 aromatic rings. The lowest BCUT2D eigenvalue weighted by atomic mass is 9.85. The Morgan fingerprint density at radius 1 is 1.39 bits per heavy atom. The fraction of sp³-hybridized carbons (Fsp3) is 0.692. The zero-order valence-electron chi connectivity index (χ0n) is 10.8. The topological polar surface area (TPSA) is 49.8 Å². The molecule has 1 aliphatic heterocycles. The average Bonchev–Trinajstić information content (AvgIpc) is 2.36. The van der Waals surface area contributed by atoms with Gasteiger partial charge in [0.1, 0.15) is 5.82 Å². The van der Waals surface area contributed by atoms with Crippen molar-refractivity contribution < 1.29 is 0 Å². The first-order valence-electron chi connectivity index (χ1n) is 6.75. The molecule has 98 valence electrons. The van der Waals surface area contributed by atoms with Crippen molar-refractivity contribution in [3.8, 4) is 0 Å². The number of aromatic nitrogens is 2. The van der Waals surface area contributed by atoms with E-state index >= 15 is 0 Å². The summed E-state index contributed by atoms with van der Waals surface area (Å²) in [6.45, 7) is 2.99.